The summed E-state index contributed by atoms with van der Waals surface area (Å²) in [4.78, 5) is 3.88. The van der Waals surface area contributed by atoms with Gasteiger partial charge in [0.05, 0.1) is 0 Å². The van der Waals surface area contributed by atoms with Gasteiger partial charge in [-0.05, 0) is 18.6 Å². The van der Waals surface area contributed by atoms with Crippen molar-refractivity contribution >= 4 is 0 Å². The molecule has 1 rings (SSSR count). The molecule has 0 bridgehead atoms. The molecule has 1 aromatic heterocycles. The second-order valence-corrected chi connectivity index (χ2v) is 2.22. The van der Waals surface area contributed by atoms with E-state index < -0.39 is 0 Å². The van der Waals surface area contributed by atoms with Crippen molar-refractivity contribution in [3.63, 3.8) is 0 Å². The van der Waals surface area contributed by atoms with Crippen LogP contribution in [0.3, 0.4) is 0 Å². The molecule has 3 nitrogen and oxygen atoms in total. The minimum atomic E-state index is -0.101. The van der Waals surface area contributed by atoms with E-state index in [0.29, 0.717) is 5.88 Å². The molecule has 0 unspecified atom stereocenters. The average molecular weight is 165 g/mol. The number of nitrogens with zero attached hydrogens (tertiary/aromatic N) is 1. The summed E-state index contributed by atoms with van der Waals surface area (Å²) in [6.45, 7) is 1.91. The van der Waals surface area contributed by atoms with Crippen molar-refractivity contribution in [2.75, 3.05) is 0 Å². The third kappa shape index (κ3) is 2.62. The van der Waals surface area contributed by atoms with Crippen LogP contribution in [0.5, 0.6) is 5.88 Å². The van der Waals surface area contributed by atoms with E-state index >= 15 is 0 Å². The molecule has 0 aliphatic heterocycles. The Labute approximate surface area is 71.3 Å². The molecule has 0 saturated carbocycles. The lowest BCUT2D eigenvalue weighted by atomic mass is 10.5. The Balaban J connectivity index is 2.58. The van der Waals surface area contributed by atoms with E-state index in [2.05, 4.69) is 4.98 Å². The monoisotopic (exact) mass is 165 g/mol. The maximum Gasteiger partial charge on any atom is 0.279 e. The highest BCUT2D eigenvalue weighted by atomic mass is 16.6. The van der Waals surface area contributed by atoms with E-state index in [1.807, 2.05) is 6.92 Å². The van der Waals surface area contributed by atoms with Crippen molar-refractivity contribution in [3.05, 3.63) is 36.4 Å². The van der Waals surface area contributed by atoms with E-state index in [9.17, 15) is 0 Å². The molecule has 0 aliphatic carbocycles. The van der Waals surface area contributed by atoms with Crippen molar-refractivity contribution in [3.8, 4) is 5.88 Å². The van der Waals surface area contributed by atoms with Crippen LogP contribution in [0.25, 0.3) is 0 Å². The van der Waals surface area contributed by atoms with Crippen LogP contribution in [0.4, 0.5) is 0 Å². The molecule has 0 spiro atoms. The number of aliphatic hydroxyl groups excluding tert-OH is 1. The lowest BCUT2D eigenvalue weighted by Gasteiger charge is -2.00. The van der Waals surface area contributed by atoms with Gasteiger partial charge in [0.15, 0.2) is 0 Å². The first kappa shape index (κ1) is 8.59. The van der Waals surface area contributed by atoms with Gasteiger partial charge in [-0.25, -0.2) is 4.98 Å². The molecule has 0 amide bonds. The van der Waals surface area contributed by atoms with Gasteiger partial charge in [-0.15, -0.1) is 0 Å². The zero-order chi connectivity index (χ0) is 8.81. The second-order valence-electron chi connectivity index (χ2n) is 2.22. The van der Waals surface area contributed by atoms with Crippen molar-refractivity contribution in [1.82, 2.24) is 4.98 Å². The molecule has 0 radical (unpaired) electrons. The molecule has 0 aliphatic rings. The normalized spacial score (nSPS) is 11.2. The SMILES string of the molecule is CCC=C(O)Oc1ccccn1. The Kier molecular flexibility index (Phi) is 3.14. The maximum absolute atomic E-state index is 9.10. The predicted octanol–water partition coefficient (Wildman–Crippen LogP) is 2.27. The van der Waals surface area contributed by atoms with Crippen LogP contribution < -0.4 is 4.74 Å². The van der Waals surface area contributed by atoms with Crippen LogP contribution in [-0.2, 0) is 0 Å². The molecule has 12 heavy (non-hydrogen) atoms. The Morgan fingerprint density at radius 2 is 2.50 bits per heavy atom. The van der Waals surface area contributed by atoms with Gasteiger partial charge >= 0.3 is 0 Å². The van der Waals surface area contributed by atoms with E-state index in [4.69, 9.17) is 9.84 Å². The topological polar surface area (TPSA) is 42.4 Å². The number of hydrogen-bond acceptors (Lipinski definition) is 3. The standard InChI is InChI=1S/C9H11NO2/c1-2-5-9(11)12-8-6-3-4-7-10-8/h3-7,11H,2H2,1H3. The zero-order valence-corrected chi connectivity index (χ0v) is 6.90. The van der Waals surface area contributed by atoms with Crippen molar-refractivity contribution in [1.29, 1.82) is 0 Å². The number of allylic oxidation sites excluding steroid dienone is 1. The lowest BCUT2D eigenvalue weighted by Crippen LogP contribution is -1.94. The van der Waals surface area contributed by atoms with Gasteiger partial charge in [-0.1, -0.05) is 13.0 Å². The smallest absolute Gasteiger partial charge is 0.279 e. The van der Waals surface area contributed by atoms with Gasteiger partial charge in [0.2, 0.25) is 5.88 Å². The molecule has 0 saturated heterocycles. The molecule has 1 aromatic rings. The highest BCUT2D eigenvalue weighted by Crippen LogP contribution is 2.06. The van der Waals surface area contributed by atoms with E-state index in [1.54, 1.807) is 30.5 Å². The Hall–Kier alpha value is -1.51. The summed E-state index contributed by atoms with van der Waals surface area (Å²) in [5, 5.41) is 9.10. The minimum Gasteiger partial charge on any atom is -0.481 e. The van der Waals surface area contributed by atoms with Crippen molar-refractivity contribution in [2.45, 2.75) is 13.3 Å². The number of ether oxygens (including phenoxy) is 1. The van der Waals surface area contributed by atoms with Gasteiger partial charge in [-0.2, -0.15) is 0 Å². The van der Waals surface area contributed by atoms with Crippen LogP contribution in [0.1, 0.15) is 13.3 Å². The zero-order valence-electron chi connectivity index (χ0n) is 6.90. The van der Waals surface area contributed by atoms with Crippen LogP contribution in [0.15, 0.2) is 36.4 Å². The summed E-state index contributed by atoms with van der Waals surface area (Å²) in [6.07, 6.45) is 3.92. The molecule has 3 heteroatoms. The Morgan fingerprint density at radius 1 is 1.67 bits per heavy atom. The molecule has 1 N–H and O–H groups in total. The number of rotatable bonds is 3. The van der Waals surface area contributed by atoms with Gasteiger partial charge in [0.1, 0.15) is 0 Å². The average Bonchev–Trinajstić information content (AvgIpc) is 2.06. The van der Waals surface area contributed by atoms with Crippen LogP contribution in [0.2, 0.25) is 0 Å². The summed E-state index contributed by atoms with van der Waals surface area (Å²) >= 11 is 0. The predicted molar refractivity (Wildman–Crippen MR) is 45.9 cm³/mol. The summed E-state index contributed by atoms with van der Waals surface area (Å²) < 4.78 is 4.96. The molecular formula is C9H11NO2. The summed E-state index contributed by atoms with van der Waals surface area (Å²) in [5.41, 5.74) is 0. The molecular weight excluding hydrogens is 154 g/mol. The molecule has 1 heterocycles. The van der Waals surface area contributed by atoms with E-state index in [0.717, 1.165) is 6.42 Å². The van der Waals surface area contributed by atoms with Gasteiger partial charge < -0.3 is 9.84 Å². The largest absolute Gasteiger partial charge is 0.481 e. The first-order valence-corrected chi connectivity index (χ1v) is 3.81. The number of pyridine rings is 1. The van der Waals surface area contributed by atoms with Crippen LogP contribution >= 0.6 is 0 Å². The minimum absolute atomic E-state index is 0.101. The summed E-state index contributed by atoms with van der Waals surface area (Å²) in [5.74, 6) is 0.302. The number of aromatic nitrogens is 1. The summed E-state index contributed by atoms with van der Waals surface area (Å²) in [6, 6.07) is 5.26. The van der Waals surface area contributed by atoms with E-state index in [-0.39, 0.29) is 5.95 Å². The second kappa shape index (κ2) is 4.38. The third-order valence-corrected chi connectivity index (χ3v) is 1.23. The maximum atomic E-state index is 9.10. The molecule has 0 aromatic carbocycles. The van der Waals surface area contributed by atoms with Gasteiger partial charge in [0.25, 0.3) is 5.95 Å². The number of hydrogen-bond donors (Lipinski definition) is 1. The highest BCUT2D eigenvalue weighted by Gasteiger charge is 1.95. The fourth-order valence-electron chi connectivity index (χ4n) is 0.731. The first-order valence-electron chi connectivity index (χ1n) is 3.81. The third-order valence-electron chi connectivity index (χ3n) is 1.23. The highest BCUT2D eigenvalue weighted by molar-refractivity contribution is 5.11. The quantitative estimate of drug-likeness (QED) is 0.698. The molecule has 64 valence electrons. The molecule has 0 fully saturated rings. The number of aliphatic hydroxyl groups is 1. The van der Waals surface area contributed by atoms with Gasteiger partial charge in [0, 0.05) is 12.3 Å². The Morgan fingerprint density at radius 3 is 3.08 bits per heavy atom. The lowest BCUT2D eigenvalue weighted by molar-refractivity contribution is 0.201. The van der Waals surface area contributed by atoms with Crippen LogP contribution in [-0.4, -0.2) is 10.1 Å². The van der Waals surface area contributed by atoms with Gasteiger partial charge in [-0.3, -0.25) is 0 Å². The Bertz CT molecular complexity index is 256. The summed E-state index contributed by atoms with van der Waals surface area (Å²) in [7, 11) is 0. The van der Waals surface area contributed by atoms with Crippen LogP contribution in [0, 0.1) is 0 Å². The first-order chi connectivity index (χ1) is 5.83. The van der Waals surface area contributed by atoms with E-state index in [1.165, 1.54) is 0 Å². The van der Waals surface area contributed by atoms with Crippen molar-refractivity contribution in [2.24, 2.45) is 0 Å². The van der Waals surface area contributed by atoms with Crippen molar-refractivity contribution < 1.29 is 9.84 Å². The fourth-order valence-corrected chi connectivity index (χ4v) is 0.731. The fraction of sp³-hybridized carbons (Fsp3) is 0.222. The molecule has 0 atom stereocenters.